The van der Waals surface area contributed by atoms with Gasteiger partial charge in [0.15, 0.2) is 0 Å². The molecule has 0 aromatic carbocycles. The van der Waals surface area contributed by atoms with Crippen molar-refractivity contribution in [3.8, 4) is 5.40 Å². The lowest BCUT2D eigenvalue weighted by Gasteiger charge is -1.99. The molecular formula is C6H11NS. The monoisotopic (exact) mass is 129 g/mol. The Hall–Kier alpha value is -0.160. The molecule has 2 heteroatoms. The number of rotatable bonds is 3. The first-order chi connectivity index (χ1) is 3.81. The Morgan fingerprint density at radius 3 is 2.75 bits per heavy atom. The first-order valence-corrected chi connectivity index (χ1v) is 3.74. The highest BCUT2D eigenvalue weighted by molar-refractivity contribution is 8.04. The molecule has 0 bridgehead atoms. The Labute approximate surface area is 55.1 Å². The zero-order valence-corrected chi connectivity index (χ0v) is 6.16. The van der Waals surface area contributed by atoms with Crippen molar-refractivity contribution in [2.75, 3.05) is 0 Å². The van der Waals surface area contributed by atoms with E-state index in [1.165, 1.54) is 18.2 Å². The molecule has 0 fully saturated rings. The second kappa shape index (κ2) is 4.99. The van der Waals surface area contributed by atoms with E-state index >= 15 is 0 Å². The Balaban J connectivity index is 3.08. The van der Waals surface area contributed by atoms with Crippen molar-refractivity contribution in [2.45, 2.75) is 31.9 Å². The van der Waals surface area contributed by atoms with Gasteiger partial charge in [0.05, 0.1) is 0 Å². The molecule has 0 heterocycles. The lowest BCUT2D eigenvalue weighted by atomic mass is 10.3. The van der Waals surface area contributed by atoms with Crippen LogP contribution < -0.4 is 0 Å². The summed E-state index contributed by atoms with van der Waals surface area (Å²) in [5.74, 6) is 0. The van der Waals surface area contributed by atoms with Gasteiger partial charge in [0.2, 0.25) is 0 Å². The fraction of sp³-hybridized carbons (Fsp3) is 0.833. The highest BCUT2D eigenvalue weighted by atomic mass is 32.2. The molecule has 0 aliphatic carbocycles. The van der Waals surface area contributed by atoms with Crippen molar-refractivity contribution >= 4 is 11.8 Å². The van der Waals surface area contributed by atoms with Crippen molar-refractivity contribution in [1.82, 2.24) is 0 Å². The lowest BCUT2D eigenvalue weighted by molar-refractivity contribution is 0.789. The summed E-state index contributed by atoms with van der Waals surface area (Å²) in [6, 6.07) is 0. The first kappa shape index (κ1) is 7.84. The van der Waals surface area contributed by atoms with E-state index in [2.05, 4.69) is 19.2 Å². The van der Waals surface area contributed by atoms with E-state index in [4.69, 9.17) is 5.26 Å². The summed E-state index contributed by atoms with van der Waals surface area (Å²) in [6.45, 7) is 4.21. The number of hydrogen-bond donors (Lipinski definition) is 0. The minimum atomic E-state index is 0.519. The normalized spacial score (nSPS) is 12.6. The molecule has 0 spiro atoms. The third-order valence-corrected chi connectivity index (χ3v) is 1.69. The zero-order chi connectivity index (χ0) is 6.41. The summed E-state index contributed by atoms with van der Waals surface area (Å²) >= 11 is 1.36. The summed E-state index contributed by atoms with van der Waals surface area (Å²) in [5.41, 5.74) is 0. The number of nitrogens with zero attached hydrogens (tertiary/aromatic N) is 1. The van der Waals surface area contributed by atoms with E-state index in [9.17, 15) is 0 Å². The largest absolute Gasteiger partial charge is 0.185 e. The molecule has 0 amide bonds. The maximum atomic E-state index is 8.18. The van der Waals surface area contributed by atoms with Crippen LogP contribution in [0.4, 0.5) is 0 Å². The van der Waals surface area contributed by atoms with Gasteiger partial charge in [-0.1, -0.05) is 20.3 Å². The van der Waals surface area contributed by atoms with Crippen molar-refractivity contribution in [3.63, 3.8) is 0 Å². The Bertz CT molecular complexity index is 85.0. The third kappa shape index (κ3) is 4.01. The molecule has 0 radical (unpaired) electrons. The van der Waals surface area contributed by atoms with Gasteiger partial charge >= 0.3 is 0 Å². The van der Waals surface area contributed by atoms with Crippen LogP contribution in [0.5, 0.6) is 0 Å². The van der Waals surface area contributed by atoms with E-state index in [-0.39, 0.29) is 0 Å². The predicted octanol–water partition coefficient (Wildman–Crippen LogP) is 2.39. The highest BCUT2D eigenvalue weighted by Crippen LogP contribution is 2.12. The van der Waals surface area contributed by atoms with Gasteiger partial charge in [-0.05, 0) is 18.2 Å². The second-order valence-corrected chi connectivity index (χ2v) is 3.03. The van der Waals surface area contributed by atoms with Gasteiger partial charge in [0, 0.05) is 5.25 Å². The number of thiocyanates is 1. The van der Waals surface area contributed by atoms with Crippen LogP contribution in [0.3, 0.4) is 0 Å². The van der Waals surface area contributed by atoms with E-state index in [1.54, 1.807) is 0 Å². The van der Waals surface area contributed by atoms with Crippen LogP contribution in [-0.4, -0.2) is 5.25 Å². The second-order valence-electron chi connectivity index (χ2n) is 1.81. The molecule has 46 valence electrons. The van der Waals surface area contributed by atoms with Gasteiger partial charge in [-0.3, -0.25) is 0 Å². The lowest BCUT2D eigenvalue weighted by Crippen LogP contribution is -1.91. The standard InChI is InChI=1S/C6H11NS/c1-3-4-6(2)8-5-7/h6H,3-4H2,1-2H3/t6-/m0/s1. The highest BCUT2D eigenvalue weighted by Gasteiger charge is 1.97. The molecule has 0 N–H and O–H groups in total. The van der Waals surface area contributed by atoms with Crippen LogP contribution >= 0.6 is 11.8 Å². The summed E-state index contributed by atoms with van der Waals surface area (Å²) in [7, 11) is 0. The van der Waals surface area contributed by atoms with Crippen LogP contribution in [0.2, 0.25) is 0 Å². The summed E-state index contributed by atoms with van der Waals surface area (Å²) in [6.07, 6.45) is 2.33. The number of thioether (sulfide) groups is 1. The zero-order valence-electron chi connectivity index (χ0n) is 5.35. The summed E-state index contributed by atoms with van der Waals surface area (Å²) in [4.78, 5) is 0. The van der Waals surface area contributed by atoms with Crippen molar-refractivity contribution < 1.29 is 0 Å². The summed E-state index contributed by atoms with van der Waals surface area (Å²) < 4.78 is 0. The van der Waals surface area contributed by atoms with Crippen molar-refractivity contribution in [2.24, 2.45) is 0 Å². The van der Waals surface area contributed by atoms with E-state index in [0.29, 0.717) is 5.25 Å². The topological polar surface area (TPSA) is 23.8 Å². The predicted molar refractivity (Wildman–Crippen MR) is 37.6 cm³/mol. The maximum Gasteiger partial charge on any atom is 0.133 e. The first-order valence-electron chi connectivity index (χ1n) is 2.86. The van der Waals surface area contributed by atoms with Gasteiger partial charge in [0.1, 0.15) is 5.40 Å². The van der Waals surface area contributed by atoms with Crippen LogP contribution in [0.25, 0.3) is 0 Å². The molecule has 0 aliphatic heterocycles. The molecule has 0 rings (SSSR count). The van der Waals surface area contributed by atoms with Crippen LogP contribution in [0, 0.1) is 10.7 Å². The van der Waals surface area contributed by atoms with E-state index < -0.39 is 0 Å². The molecule has 0 saturated carbocycles. The molecule has 0 saturated heterocycles. The van der Waals surface area contributed by atoms with Gasteiger partial charge < -0.3 is 0 Å². The van der Waals surface area contributed by atoms with Crippen LogP contribution in [-0.2, 0) is 0 Å². The van der Waals surface area contributed by atoms with Gasteiger partial charge in [-0.25, -0.2) is 0 Å². The fourth-order valence-electron chi connectivity index (χ4n) is 0.555. The molecular weight excluding hydrogens is 118 g/mol. The maximum absolute atomic E-state index is 8.18. The van der Waals surface area contributed by atoms with Crippen molar-refractivity contribution in [3.05, 3.63) is 0 Å². The van der Waals surface area contributed by atoms with Gasteiger partial charge in [-0.15, -0.1) is 0 Å². The minimum Gasteiger partial charge on any atom is -0.185 e. The Morgan fingerprint density at radius 2 is 2.38 bits per heavy atom. The molecule has 1 nitrogen and oxygen atoms in total. The molecule has 1 atom stereocenters. The number of nitriles is 1. The van der Waals surface area contributed by atoms with E-state index in [1.807, 2.05) is 0 Å². The molecule has 0 unspecified atom stereocenters. The summed E-state index contributed by atoms with van der Waals surface area (Å²) in [5, 5.41) is 10.8. The minimum absolute atomic E-state index is 0.519. The van der Waals surface area contributed by atoms with Crippen LogP contribution in [0.1, 0.15) is 26.7 Å². The molecule has 8 heavy (non-hydrogen) atoms. The SMILES string of the molecule is CCC[C@H](C)SC#N. The fourth-order valence-corrected chi connectivity index (χ4v) is 1.09. The average molecular weight is 129 g/mol. The molecule has 0 aromatic rings. The molecule has 0 aliphatic rings. The quantitative estimate of drug-likeness (QED) is 0.546. The Kier molecular flexibility index (Phi) is 4.89. The van der Waals surface area contributed by atoms with Crippen molar-refractivity contribution in [1.29, 1.82) is 5.26 Å². The van der Waals surface area contributed by atoms with Crippen LogP contribution in [0.15, 0.2) is 0 Å². The Morgan fingerprint density at radius 1 is 1.75 bits per heavy atom. The van der Waals surface area contributed by atoms with Gasteiger partial charge in [-0.2, -0.15) is 5.26 Å². The van der Waals surface area contributed by atoms with Gasteiger partial charge in [0.25, 0.3) is 0 Å². The number of hydrogen-bond acceptors (Lipinski definition) is 2. The smallest absolute Gasteiger partial charge is 0.133 e. The van der Waals surface area contributed by atoms with E-state index in [0.717, 1.165) is 6.42 Å². The molecule has 0 aromatic heterocycles. The average Bonchev–Trinajstić information content (AvgIpc) is 1.68. The third-order valence-electron chi connectivity index (χ3n) is 0.949.